The Bertz CT molecular complexity index is 102. The molecule has 2 unspecified atom stereocenters. The van der Waals surface area contributed by atoms with E-state index >= 15 is 0 Å². The predicted octanol–water partition coefficient (Wildman–Crippen LogP) is 1.57. The molecule has 0 amide bonds. The SMILES string of the molecule is COC1CCCC(CCO)C1. The average molecular weight is 158 g/mol. The highest BCUT2D eigenvalue weighted by atomic mass is 16.5. The van der Waals surface area contributed by atoms with Gasteiger partial charge in [0.1, 0.15) is 0 Å². The van der Waals surface area contributed by atoms with Crippen LogP contribution in [0.5, 0.6) is 0 Å². The molecule has 0 aromatic rings. The maximum atomic E-state index is 8.74. The molecule has 1 rings (SSSR count). The van der Waals surface area contributed by atoms with Crippen molar-refractivity contribution in [1.82, 2.24) is 0 Å². The minimum absolute atomic E-state index is 0.334. The van der Waals surface area contributed by atoms with Gasteiger partial charge in [-0.2, -0.15) is 0 Å². The number of aliphatic hydroxyl groups is 1. The summed E-state index contributed by atoms with van der Waals surface area (Å²) in [5.74, 6) is 0.707. The molecule has 0 radical (unpaired) electrons. The van der Waals surface area contributed by atoms with Crippen molar-refractivity contribution in [2.24, 2.45) is 5.92 Å². The molecule has 0 saturated heterocycles. The van der Waals surface area contributed by atoms with Gasteiger partial charge < -0.3 is 9.84 Å². The van der Waals surface area contributed by atoms with Crippen LogP contribution in [0.2, 0.25) is 0 Å². The van der Waals surface area contributed by atoms with E-state index < -0.39 is 0 Å². The lowest BCUT2D eigenvalue weighted by Gasteiger charge is -2.27. The summed E-state index contributed by atoms with van der Waals surface area (Å²) in [4.78, 5) is 0. The molecule has 1 fully saturated rings. The first-order valence-electron chi connectivity index (χ1n) is 4.50. The standard InChI is InChI=1S/C9H18O2/c1-11-9-4-2-3-8(7-9)5-6-10/h8-10H,2-7H2,1H3. The van der Waals surface area contributed by atoms with E-state index in [2.05, 4.69) is 0 Å². The van der Waals surface area contributed by atoms with Crippen molar-refractivity contribution in [2.75, 3.05) is 13.7 Å². The fourth-order valence-corrected chi connectivity index (χ4v) is 1.90. The first-order valence-corrected chi connectivity index (χ1v) is 4.50. The van der Waals surface area contributed by atoms with Crippen LogP contribution in [0, 0.1) is 5.92 Å². The maximum Gasteiger partial charge on any atom is 0.0574 e. The van der Waals surface area contributed by atoms with Gasteiger partial charge in [-0.25, -0.2) is 0 Å². The smallest absolute Gasteiger partial charge is 0.0574 e. The highest BCUT2D eigenvalue weighted by molar-refractivity contribution is 4.72. The average Bonchev–Trinajstić information content (AvgIpc) is 2.06. The van der Waals surface area contributed by atoms with Crippen molar-refractivity contribution in [3.8, 4) is 0 Å². The number of rotatable bonds is 3. The Morgan fingerprint density at radius 2 is 2.27 bits per heavy atom. The minimum atomic E-state index is 0.334. The lowest BCUT2D eigenvalue weighted by Crippen LogP contribution is -2.22. The van der Waals surface area contributed by atoms with Gasteiger partial charge in [0.15, 0.2) is 0 Å². The van der Waals surface area contributed by atoms with Gasteiger partial charge in [0.25, 0.3) is 0 Å². The van der Waals surface area contributed by atoms with Crippen molar-refractivity contribution >= 4 is 0 Å². The molecule has 1 aliphatic rings. The Morgan fingerprint density at radius 1 is 1.45 bits per heavy atom. The van der Waals surface area contributed by atoms with E-state index in [-0.39, 0.29) is 0 Å². The summed E-state index contributed by atoms with van der Waals surface area (Å²) in [5, 5.41) is 8.74. The molecular formula is C9H18O2. The summed E-state index contributed by atoms with van der Waals surface area (Å²) in [7, 11) is 1.78. The van der Waals surface area contributed by atoms with E-state index in [4.69, 9.17) is 9.84 Å². The second kappa shape index (κ2) is 4.73. The van der Waals surface area contributed by atoms with Gasteiger partial charge in [-0.05, 0) is 25.2 Å². The third-order valence-corrected chi connectivity index (χ3v) is 2.61. The molecule has 0 aliphatic heterocycles. The van der Waals surface area contributed by atoms with Gasteiger partial charge in [-0.1, -0.05) is 12.8 Å². The molecule has 0 aromatic carbocycles. The van der Waals surface area contributed by atoms with Crippen molar-refractivity contribution in [2.45, 2.75) is 38.2 Å². The van der Waals surface area contributed by atoms with Crippen molar-refractivity contribution in [3.05, 3.63) is 0 Å². The summed E-state index contributed by atoms with van der Waals surface area (Å²) in [6.07, 6.45) is 6.32. The topological polar surface area (TPSA) is 29.5 Å². The summed E-state index contributed by atoms with van der Waals surface area (Å²) < 4.78 is 5.29. The summed E-state index contributed by atoms with van der Waals surface area (Å²) in [6, 6.07) is 0. The number of ether oxygens (including phenoxy) is 1. The Balaban J connectivity index is 2.21. The van der Waals surface area contributed by atoms with Gasteiger partial charge >= 0.3 is 0 Å². The zero-order valence-electron chi connectivity index (χ0n) is 7.25. The highest BCUT2D eigenvalue weighted by Gasteiger charge is 2.20. The Morgan fingerprint density at radius 3 is 2.91 bits per heavy atom. The Hall–Kier alpha value is -0.0800. The quantitative estimate of drug-likeness (QED) is 0.675. The normalized spacial score (nSPS) is 32.2. The number of aliphatic hydroxyl groups excluding tert-OH is 1. The fourth-order valence-electron chi connectivity index (χ4n) is 1.90. The van der Waals surface area contributed by atoms with E-state index in [1.54, 1.807) is 7.11 Å². The van der Waals surface area contributed by atoms with Gasteiger partial charge in [0, 0.05) is 13.7 Å². The van der Waals surface area contributed by atoms with E-state index in [1.807, 2.05) is 0 Å². The molecule has 66 valence electrons. The van der Waals surface area contributed by atoms with Gasteiger partial charge in [0.2, 0.25) is 0 Å². The summed E-state index contributed by atoms with van der Waals surface area (Å²) in [5.41, 5.74) is 0. The van der Waals surface area contributed by atoms with Crippen molar-refractivity contribution < 1.29 is 9.84 Å². The van der Waals surface area contributed by atoms with Crippen molar-refractivity contribution in [1.29, 1.82) is 0 Å². The van der Waals surface area contributed by atoms with Crippen molar-refractivity contribution in [3.63, 3.8) is 0 Å². The maximum absolute atomic E-state index is 8.74. The van der Waals surface area contributed by atoms with Crippen LogP contribution in [0.15, 0.2) is 0 Å². The minimum Gasteiger partial charge on any atom is -0.396 e. The summed E-state index contributed by atoms with van der Waals surface area (Å²) in [6.45, 7) is 0.334. The van der Waals surface area contributed by atoms with Crippen LogP contribution >= 0.6 is 0 Å². The second-order valence-corrected chi connectivity index (χ2v) is 3.40. The molecule has 2 heteroatoms. The molecule has 0 spiro atoms. The Kier molecular flexibility index (Phi) is 3.87. The third-order valence-electron chi connectivity index (χ3n) is 2.61. The first kappa shape index (κ1) is 9.01. The van der Waals surface area contributed by atoms with E-state index in [0.29, 0.717) is 18.6 Å². The fraction of sp³-hybridized carbons (Fsp3) is 1.00. The van der Waals surface area contributed by atoms with Crippen LogP contribution in [-0.2, 0) is 4.74 Å². The third kappa shape index (κ3) is 2.80. The first-order chi connectivity index (χ1) is 5.36. The van der Waals surface area contributed by atoms with Crippen LogP contribution in [0.4, 0.5) is 0 Å². The van der Waals surface area contributed by atoms with Crippen LogP contribution in [0.3, 0.4) is 0 Å². The molecular weight excluding hydrogens is 140 g/mol. The monoisotopic (exact) mass is 158 g/mol. The molecule has 1 aliphatic carbocycles. The number of methoxy groups -OCH3 is 1. The lowest BCUT2D eigenvalue weighted by atomic mass is 9.85. The predicted molar refractivity (Wildman–Crippen MR) is 44.5 cm³/mol. The Labute approximate surface area is 68.6 Å². The van der Waals surface area contributed by atoms with Gasteiger partial charge in [-0.15, -0.1) is 0 Å². The number of hydrogen-bond donors (Lipinski definition) is 1. The second-order valence-electron chi connectivity index (χ2n) is 3.40. The highest BCUT2D eigenvalue weighted by Crippen LogP contribution is 2.27. The van der Waals surface area contributed by atoms with E-state index in [9.17, 15) is 0 Å². The van der Waals surface area contributed by atoms with E-state index in [1.165, 1.54) is 19.3 Å². The molecule has 2 nitrogen and oxygen atoms in total. The van der Waals surface area contributed by atoms with Crippen LogP contribution in [0.1, 0.15) is 32.1 Å². The molecule has 0 aromatic heterocycles. The van der Waals surface area contributed by atoms with Gasteiger partial charge in [-0.3, -0.25) is 0 Å². The molecule has 11 heavy (non-hydrogen) atoms. The summed E-state index contributed by atoms with van der Waals surface area (Å²) >= 11 is 0. The van der Waals surface area contributed by atoms with Crippen LogP contribution < -0.4 is 0 Å². The van der Waals surface area contributed by atoms with Crippen LogP contribution in [-0.4, -0.2) is 24.9 Å². The van der Waals surface area contributed by atoms with E-state index in [0.717, 1.165) is 12.8 Å². The molecule has 1 saturated carbocycles. The number of hydrogen-bond acceptors (Lipinski definition) is 2. The molecule has 0 bridgehead atoms. The molecule has 2 atom stereocenters. The molecule has 1 N–H and O–H groups in total. The molecule has 0 heterocycles. The zero-order valence-corrected chi connectivity index (χ0v) is 7.25. The lowest BCUT2D eigenvalue weighted by molar-refractivity contribution is 0.0452. The largest absolute Gasteiger partial charge is 0.396 e. The van der Waals surface area contributed by atoms with Gasteiger partial charge in [0.05, 0.1) is 6.10 Å². The zero-order chi connectivity index (χ0) is 8.10. The van der Waals surface area contributed by atoms with Crippen LogP contribution in [0.25, 0.3) is 0 Å².